The summed E-state index contributed by atoms with van der Waals surface area (Å²) in [7, 11) is 0. The molecule has 7 heteroatoms. The summed E-state index contributed by atoms with van der Waals surface area (Å²) in [5.74, 6) is -0.235. The molecule has 3 rings (SSSR count). The highest BCUT2D eigenvalue weighted by Gasteiger charge is 2.18. The number of hydrogen-bond donors (Lipinski definition) is 2. The second-order valence-electron chi connectivity index (χ2n) is 5.83. The van der Waals surface area contributed by atoms with E-state index in [9.17, 15) is 4.79 Å². The van der Waals surface area contributed by atoms with Gasteiger partial charge in [0.2, 0.25) is 0 Å². The summed E-state index contributed by atoms with van der Waals surface area (Å²) < 4.78 is 1.68. The molecule has 1 aromatic carbocycles. The van der Waals surface area contributed by atoms with Crippen LogP contribution in [0.25, 0.3) is 16.5 Å². The summed E-state index contributed by atoms with van der Waals surface area (Å²) in [5.41, 5.74) is 7.58. The van der Waals surface area contributed by atoms with Crippen LogP contribution >= 0.6 is 0 Å². The molecule has 124 valence electrons. The monoisotopic (exact) mass is 324 g/mol. The molecule has 0 radical (unpaired) electrons. The molecule has 0 saturated heterocycles. The molecule has 2 aromatic heterocycles. The summed E-state index contributed by atoms with van der Waals surface area (Å²) in [6, 6.07) is 7.84. The molecule has 0 aliphatic heterocycles. The first kappa shape index (κ1) is 16.1. The maximum absolute atomic E-state index is 12.3. The first-order chi connectivity index (χ1) is 11.6. The molecule has 2 heterocycles. The maximum atomic E-state index is 12.3. The lowest BCUT2D eigenvalue weighted by atomic mass is 10.1. The van der Waals surface area contributed by atoms with Gasteiger partial charge in [0, 0.05) is 35.8 Å². The van der Waals surface area contributed by atoms with Gasteiger partial charge < -0.3 is 11.1 Å². The SMILES string of the molecule is Cc1c(C(=O)NCCC(C)N)nnn1-c1cccc2cnccc12. The molecule has 0 fully saturated rings. The minimum atomic E-state index is -0.235. The van der Waals surface area contributed by atoms with Gasteiger partial charge in [-0.05, 0) is 32.4 Å². The van der Waals surface area contributed by atoms with Gasteiger partial charge in [-0.25, -0.2) is 4.68 Å². The van der Waals surface area contributed by atoms with Crippen molar-refractivity contribution in [2.24, 2.45) is 5.73 Å². The number of fused-ring (bicyclic) bond motifs is 1. The van der Waals surface area contributed by atoms with Crippen molar-refractivity contribution in [3.8, 4) is 5.69 Å². The van der Waals surface area contributed by atoms with Crippen LogP contribution in [0.3, 0.4) is 0 Å². The topological polar surface area (TPSA) is 98.7 Å². The van der Waals surface area contributed by atoms with Crippen LogP contribution in [0.5, 0.6) is 0 Å². The Morgan fingerprint density at radius 2 is 2.21 bits per heavy atom. The highest BCUT2D eigenvalue weighted by molar-refractivity contribution is 5.94. The minimum Gasteiger partial charge on any atom is -0.351 e. The van der Waals surface area contributed by atoms with Gasteiger partial charge >= 0.3 is 0 Å². The number of amides is 1. The number of nitrogens with one attached hydrogen (secondary N) is 1. The summed E-state index contributed by atoms with van der Waals surface area (Å²) in [6.45, 7) is 4.26. The predicted octanol–water partition coefficient (Wildman–Crippen LogP) is 1.59. The van der Waals surface area contributed by atoms with Crippen LogP contribution in [0.2, 0.25) is 0 Å². The summed E-state index contributed by atoms with van der Waals surface area (Å²) in [4.78, 5) is 16.4. The molecule has 1 amide bonds. The van der Waals surface area contributed by atoms with Crippen molar-refractivity contribution < 1.29 is 4.79 Å². The van der Waals surface area contributed by atoms with Gasteiger partial charge in [0.15, 0.2) is 5.69 Å². The van der Waals surface area contributed by atoms with Crippen molar-refractivity contribution in [3.63, 3.8) is 0 Å². The smallest absolute Gasteiger partial charge is 0.273 e. The minimum absolute atomic E-state index is 0.0476. The second kappa shape index (κ2) is 6.76. The zero-order valence-corrected chi connectivity index (χ0v) is 13.7. The van der Waals surface area contributed by atoms with E-state index in [0.717, 1.165) is 22.9 Å². The molecule has 1 atom stereocenters. The van der Waals surface area contributed by atoms with Crippen molar-refractivity contribution in [3.05, 3.63) is 48.0 Å². The number of aromatic nitrogens is 4. The van der Waals surface area contributed by atoms with Crippen molar-refractivity contribution in [2.45, 2.75) is 26.3 Å². The van der Waals surface area contributed by atoms with Crippen LogP contribution in [0.15, 0.2) is 36.7 Å². The molecule has 3 N–H and O–H groups in total. The van der Waals surface area contributed by atoms with Crippen LogP contribution in [0.1, 0.15) is 29.5 Å². The maximum Gasteiger partial charge on any atom is 0.273 e. The molecule has 3 aromatic rings. The average molecular weight is 324 g/mol. The number of carbonyl (C=O) groups is 1. The van der Waals surface area contributed by atoms with E-state index >= 15 is 0 Å². The van der Waals surface area contributed by atoms with E-state index in [4.69, 9.17) is 5.73 Å². The number of benzene rings is 1. The predicted molar refractivity (Wildman–Crippen MR) is 92.0 cm³/mol. The van der Waals surface area contributed by atoms with Gasteiger partial charge in [0.05, 0.1) is 11.4 Å². The third kappa shape index (κ3) is 3.11. The molecular weight excluding hydrogens is 304 g/mol. The Kier molecular flexibility index (Phi) is 4.52. The van der Waals surface area contributed by atoms with Crippen LogP contribution in [-0.2, 0) is 0 Å². The van der Waals surface area contributed by atoms with Gasteiger partial charge in [-0.1, -0.05) is 17.3 Å². The zero-order chi connectivity index (χ0) is 17.1. The van der Waals surface area contributed by atoms with Gasteiger partial charge in [0.25, 0.3) is 5.91 Å². The molecule has 0 aliphatic rings. The summed E-state index contributed by atoms with van der Waals surface area (Å²) in [6.07, 6.45) is 4.25. The molecule has 0 bridgehead atoms. The Hall–Kier alpha value is -2.80. The van der Waals surface area contributed by atoms with Crippen molar-refractivity contribution in [1.82, 2.24) is 25.3 Å². The van der Waals surface area contributed by atoms with Crippen molar-refractivity contribution in [2.75, 3.05) is 6.54 Å². The number of pyridine rings is 1. The quantitative estimate of drug-likeness (QED) is 0.742. The van der Waals surface area contributed by atoms with Gasteiger partial charge in [-0.15, -0.1) is 5.10 Å². The van der Waals surface area contributed by atoms with Crippen LogP contribution < -0.4 is 11.1 Å². The van der Waals surface area contributed by atoms with E-state index in [-0.39, 0.29) is 11.9 Å². The number of carbonyl (C=O) groups excluding carboxylic acids is 1. The van der Waals surface area contributed by atoms with Gasteiger partial charge in [-0.3, -0.25) is 9.78 Å². The standard InChI is InChI=1S/C17H20N6O/c1-11(18)6-9-20-17(24)16-12(2)23(22-21-16)15-5-3-4-13-10-19-8-7-14(13)15/h3-5,7-8,10-11H,6,9,18H2,1-2H3,(H,20,24). The number of rotatable bonds is 5. The molecule has 0 aliphatic carbocycles. The number of nitrogens with two attached hydrogens (primary N) is 1. The first-order valence-corrected chi connectivity index (χ1v) is 7.87. The summed E-state index contributed by atoms with van der Waals surface area (Å²) >= 11 is 0. The Bertz CT molecular complexity index is 865. The third-order valence-corrected chi connectivity index (χ3v) is 3.88. The second-order valence-corrected chi connectivity index (χ2v) is 5.83. The highest BCUT2D eigenvalue weighted by Crippen LogP contribution is 2.22. The number of nitrogens with zero attached hydrogens (tertiary/aromatic N) is 4. The van der Waals surface area contributed by atoms with E-state index in [0.29, 0.717) is 17.9 Å². The van der Waals surface area contributed by atoms with Crippen LogP contribution in [0.4, 0.5) is 0 Å². The average Bonchev–Trinajstić information content (AvgIpc) is 2.95. The Morgan fingerprint density at radius 3 is 3.00 bits per heavy atom. The van der Waals surface area contributed by atoms with Gasteiger partial charge in [-0.2, -0.15) is 0 Å². The Balaban J connectivity index is 1.91. The summed E-state index contributed by atoms with van der Waals surface area (Å²) in [5, 5.41) is 13.1. The van der Waals surface area contributed by atoms with E-state index in [1.54, 1.807) is 17.1 Å². The molecule has 0 spiro atoms. The first-order valence-electron chi connectivity index (χ1n) is 7.87. The molecule has 0 saturated carbocycles. The van der Waals surface area contributed by atoms with Crippen LogP contribution in [0, 0.1) is 6.92 Å². The fourth-order valence-corrected chi connectivity index (χ4v) is 2.56. The third-order valence-electron chi connectivity index (χ3n) is 3.88. The van der Waals surface area contributed by atoms with Crippen molar-refractivity contribution in [1.29, 1.82) is 0 Å². The van der Waals surface area contributed by atoms with E-state index < -0.39 is 0 Å². The lowest BCUT2D eigenvalue weighted by Crippen LogP contribution is -2.29. The normalized spacial score (nSPS) is 12.3. The van der Waals surface area contributed by atoms with Gasteiger partial charge in [0.1, 0.15) is 0 Å². The van der Waals surface area contributed by atoms with Crippen LogP contribution in [-0.4, -0.2) is 38.5 Å². The number of hydrogen-bond acceptors (Lipinski definition) is 5. The van der Waals surface area contributed by atoms with E-state index in [1.807, 2.05) is 38.1 Å². The van der Waals surface area contributed by atoms with Crippen molar-refractivity contribution >= 4 is 16.7 Å². The Morgan fingerprint density at radius 1 is 1.38 bits per heavy atom. The lowest BCUT2D eigenvalue weighted by Gasteiger charge is -2.08. The fraction of sp³-hybridized carbons (Fsp3) is 0.294. The largest absolute Gasteiger partial charge is 0.351 e. The lowest BCUT2D eigenvalue weighted by molar-refractivity contribution is 0.0947. The van der Waals surface area contributed by atoms with E-state index in [1.165, 1.54) is 0 Å². The fourth-order valence-electron chi connectivity index (χ4n) is 2.56. The van der Waals surface area contributed by atoms with E-state index in [2.05, 4.69) is 20.6 Å². The highest BCUT2D eigenvalue weighted by atomic mass is 16.2. The molecule has 1 unspecified atom stereocenters. The molecule has 7 nitrogen and oxygen atoms in total. The molecular formula is C17H20N6O. The Labute approximate surface area is 139 Å². The molecule has 24 heavy (non-hydrogen) atoms. The zero-order valence-electron chi connectivity index (χ0n) is 13.7.